The monoisotopic (exact) mass is 255 g/mol. The fourth-order valence-corrected chi connectivity index (χ4v) is 1.65. The van der Waals surface area contributed by atoms with Crippen molar-refractivity contribution in [1.29, 1.82) is 0 Å². The first-order chi connectivity index (χ1) is 8.23. The Morgan fingerprint density at radius 1 is 1.22 bits per heavy atom. The zero-order valence-corrected chi connectivity index (χ0v) is 10.4. The maximum absolute atomic E-state index is 12.6. The van der Waals surface area contributed by atoms with Gasteiger partial charge in [0.25, 0.3) is 0 Å². The minimum Gasteiger partial charge on any atom is -0.294 e. The lowest BCUT2D eigenvalue weighted by atomic mass is 9.98. The molecule has 18 heavy (non-hydrogen) atoms. The van der Waals surface area contributed by atoms with Crippen molar-refractivity contribution in [2.45, 2.75) is 38.0 Å². The molecule has 98 valence electrons. The lowest BCUT2D eigenvalue weighted by Gasteiger charge is -2.28. The molecule has 1 N–H and O–H groups in total. The Bertz CT molecular complexity index is 415. The molecule has 0 saturated heterocycles. The molecule has 1 rings (SSSR count). The van der Waals surface area contributed by atoms with E-state index in [9.17, 15) is 13.2 Å². The zero-order chi connectivity index (χ0) is 13.8. The van der Waals surface area contributed by atoms with Gasteiger partial charge in [0.05, 0.1) is 12.0 Å². The lowest BCUT2D eigenvalue weighted by molar-refractivity contribution is -0.141. The van der Waals surface area contributed by atoms with E-state index in [1.54, 1.807) is 44.2 Å². The van der Waals surface area contributed by atoms with Crippen LogP contribution in [0.15, 0.2) is 30.3 Å². The summed E-state index contributed by atoms with van der Waals surface area (Å²) in [4.78, 5) is 0. The summed E-state index contributed by atoms with van der Waals surface area (Å²) >= 11 is 0. The Morgan fingerprint density at radius 2 is 1.78 bits per heavy atom. The van der Waals surface area contributed by atoms with E-state index in [0.717, 1.165) is 0 Å². The normalized spacial score (nSPS) is 14.0. The molecule has 0 fully saturated rings. The van der Waals surface area contributed by atoms with Crippen LogP contribution >= 0.6 is 0 Å². The average Bonchev–Trinajstić information content (AvgIpc) is 2.27. The fraction of sp³-hybridized carbons (Fsp3) is 0.429. The van der Waals surface area contributed by atoms with Gasteiger partial charge in [-0.25, -0.2) is 0 Å². The van der Waals surface area contributed by atoms with Gasteiger partial charge in [-0.15, -0.1) is 6.42 Å². The predicted octanol–water partition coefficient (Wildman–Crippen LogP) is 3.68. The van der Waals surface area contributed by atoms with Gasteiger partial charge in [0.1, 0.15) is 0 Å². The molecule has 0 amide bonds. The molecule has 1 aromatic carbocycles. The SMILES string of the molecule is C#CC(C)(C)NC(CC(F)(F)F)c1ccccc1. The lowest BCUT2D eigenvalue weighted by Crippen LogP contribution is -2.41. The van der Waals surface area contributed by atoms with E-state index in [1.807, 2.05) is 0 Å². The Morgan fingerprint density at radius 3 is 2.22 bits per heavy atom. The highest BCUT2D eigenvalue weighted by molar-refractivity contribution is 5.21. The van der Waals surface area contributed by atoms with Crippen LogP contribution in [-0.4, -0.2) is 11.7 Å². The molecule has 1 unspecified atom stereocenters. The Kier molecular flexibility index (Phi) is 4.42. The molecule has 0 heterocycles. The number of benzene rings is 1. The van der Waals surface area contributed by atoms with Gasteiger partial charge in [-0.2, -0.15) is 13.2 Å². The summed E-state index contributed by atoms with van der Waals surface area (Å²) in [6.45, 7) is 3.36. The smallest absolute Gasteiger partial charge is 0.294 e. The number of hydrogen-bond acceptors (Lipinski definition) is 1. The summed E-state index contributed by atoms with van der Waals surface area (Å²) in [5.74, 6) is 2.45. The Balaban J connectivity index is 2.94. The number of terminal acetylenes is 1. The molecule has 0 aliphatic carbocycles. The molecule has 0 spiro atoms. The summed E-state index contributed by atoms with van der Waals surface area (Å²) in [5.41, 5.74) is -0.204. The topological polar surface area (TPSA) is 12.0 Å². The summed E-state index contributed by atoms with van der Waals surface area (Å²) in [6.07, 6.45) is 0.122. The van der Waals surface area contributed by atoms with Crippen LogP contribution in [0.25, 0.3) is 0 Å². The first-order valence-corrected chi connectivity index (χ1v) is 5.61. The molecule has 1 atom stereocenters. The first-order valence-electron chi connectivity index (χ1n) is 5.61. The van der Waals surface area contributed by atoms with Crippen LogP contribution in [0.5, 0.6) is 0 Å². The summed E-state index contributed by atoms with van der Waals surface area (Å²) in [6, 6.07) is 7.68. The minimum atomic E-state index is -4.24. The standard InChI is InChI=1S/C14H16F3N/c1-4-13(2,3)18-12(10-14(15,16)17)11-8-6-5-7-9-11/h1,5-9,12,18H,10H2,2-3H3. The van der Waals surface area contributed by atoms with Crippen molar-refractivity contribution in [3.63, 3.8) is 0 Å². The van der Waals surface area contributed by atoms with E-state index >= 15 is 0 Å². The molecule has 0 aliphatic rings. The van der Waals surface area contributed by atoms with Crippen LogP contribution in [0.4, 0.5) is 13.2 Å². The maximum atomic E-state index is 12.6. The van der Waals surface area contributed by atoms with E-state index in [0.29, 0.717) is 5.56 Å². The fourth-order valence-electron chi connectivity index (χ4n) is 1.65. The van der Waals surface area contributed by atoms with Crippen molar-refractivity contribution in [2.75, 3.05) is 0 Å². The van der Waals surface area contributed by atoms with Gasteiger partial charge in [-0.3, -0.25) is 5.32 Å². The van der Waals surface area contributed by atoms with E-state index in [-0.39, 0.29) is 0 Å². The number of hydrogen-bond donors (Lipinski definition) is 1. The number of halogens is 3. The van der Waals surface area contributed by atoms with Crippen LogP contribution in [-0.2, 0) is 0 Å². The molecule has 0 radical (unpaired) electrons. The molecule has 1 nitrogen and oxygen atoms in total. The molecule has 0 saturated carbocycles. The second kappa shape index (κ2) is 5.45. The highest BCUT2D eigenvalue weighted by atomic mass is 19.4. The molecule has 1 aromatic rings. The molecule has 4 heteroatoms. The van der Waals surface area contributed by atoms with Crippen molar-refractivity contribution < 1.29 is 13.2 Å². The zero-order valence-electron chi connectivity index (χ0n) is 10.4. The summed E-state index contributed by atoms with van der Waals surface area (Å²) in [7, 11) is 0. The molecular formula is C14H16F3N. The van der Waals surface area contributed by atoms with Gasteiger partial charge in [0.15, 0.2) is 0 Å². The molecular weight excluding hydrogens is 239 g/mol. The van der Waals surface area contributed by atoms with Crippen molar-refractivity contribution >= 4 is 0 Å². The van der Waals surface area contributed by atoms with Gasteiger partial charge in [-0.05, 0) is 19.4 Å². The maximum Gasteiger partial charge on any atom is 0.390 e. The van der Waals surface area contributed by atoms with Crippen molar-refractivity contribution in [3.05, 3.63) is 35.9 Å². The van der Waals surface area contributed by atoms with Crippen molar-refractivity contribution in [3.8, 4) is 12.3 Å². The van der Waals surface area contributed by atoms with Crippen LogP contribution in [0.3, 0.4) is 0 Å². The summed E-state index contributed by atoms with van der Waals surface area (Å²) < 4.78 is 37.7. The number of alkyl halides is 3. The van der Waals surface area contributed by atoms with Crippen molar-refractivity contribution in [2.24, 2.45) is 0 Å². The second-order valence-corrected chi connectivity index (χ2v) is 4.70. The quantitative estimate of drug-likeness (QED) is 0.809. The van der Waals surface area contributed by atoms with Crippen molar-refractivity contribution in [1.82, 2.24) is 5.32 Å². The third-order valence-electron chi connectivity index (χ3n) is 2.53. The minimum absolute atomic E-state index is 0.582. The van der Waals surface area contributed by atoms with Crippen LogP contribution in [0.2, 0.25) is 0 Å². The largest absolute Gasteiger partial charge is 0.390 e. The highest BCUT2D eigenvalue weighted by Gasteiger charge is 2.34. The van der Waals surface area contributed by atoms with Gasteiger partial charge in [0, 0.05) is 6.04 Å². The van der Waals surface area contributed by atoms with E-state index in [4.69, 9.17) is 6.42 Å². The number of nitrogens with one attached hydrogen (secondary N) is 1. The molecule has 0 aliphatic heterocycles. The van der Waals surface area contributed by atoms with E-state index < -0.39 is 24.2 Å². The van der Waals surface area contributed by atoms with Gasteiger partial charge in [-0.1, -0.05) is 36.3 Å². The van der Waals surface area contributed by atoms with E-state index in [2.05, 4.69) is 11.2 Å². The predicted molar refractivity (Wildman–Crippen MR) is 65.9 cm³/mol. The van der Waals surface area contributed by atoms with Crippen LogP contribution < -0.4 is 5.32 Å². The van der Waals surface area contributed by atoms with Crippen LogP contribution in [0, 0.1) is 12.3 Å². The number of rotatable bonds is 4. The third kappa shape index (κ3) is 4.80. The van der Waals surface area contributed by atoms with Gasteiger partial charge >= 0.3 is 6.18 Å². The average molecular weight is 255 g/mol. The van der Waals surface area contributed by atoms with Gasteiger partial charge < -0.3 is 0 Å². The van der Waals surface area contributed by atoms with Crippen LogP contribution in [0.1, 0.15) is 31.9 Å². The second-order valence-electron chi connectivity index (χ2n) is 4.70. The van der Waals surface area contributed by atoms with E-state index in [1.165, 1.54) is 0 Å². The third-order valence-corrected chi connectivity index (χ3v) is 2.53. The first kappa shape index (κ1) is 14.6. The van der Waals surface area contributed by atoms with Gasteiger partial charge in [0.2, 0.25) is 0 Å². The Labute approximate surface area is 105 Å². The molecule has 0 bridgehead atoms. The highest BCUT2D eigenvalue weighted by Crippen LogP contribution is 2.30. The molecule has 0 aromatic heterocycles. The summed E-state index contributed by atoms with van der Waals surface area (Å²) in [5, 5.41) is 2.86. The Hall–Kier alpha value is -1.47.